The predicted octanol–water partition coefficient (Wildman–Crippen LogP) is 1.77. The summed E-state index contributed by atoms with van der Waals surface area (Å²) in [5, 5.41) is 0. The lowest BCUT2D eigenvalue weighted by Crippen LogP contribution is -2.56. The van der Waals surface area contributed by atoms with Gasteiger partial charge in [-0.05, 0) is 30.3 Å². The Hall–Kier alpha value is -3.02. The first-order valence-corrected chi connectivity index (χ1v) is 7.81. The van der Waals surface area contributed by atoms with Gasteiger partial charge in [0, 0.05) is 12.6 Å². The summed E-state index contributed by atoms with van der Waals surface area (Å²) in [6.07, 6.45) is 0.0246. The first-order chi connectivity index (χ1) is 11.6. The molecule has 0 unspecified atom stereocenters. The van der Waals surface area contributed by atoms with Gasteiger partial charge in [-0.2, -0.15) is 0 Å². The van der Waals surface area contributed by atoms with Gasteiger partial charge in [0.1, 0.15) is 11.9 Å². The van der Waals surface area contributed by atoms with Crippen molar-refractivity contribution in [3.05, 3.63) is 64.6 Å². The molecule has 1 amide bonds. The molecule has 0 bridgehead atoms. The number of amides is 1. The van der Waals surface area contributed by atoms with Gasteiger partial charge in [0.2, 0.25) is 0 Å². The molecule has 6 heteroatoms. The van der Waals surface area contributed by atoms with Crippen molar-refractivity contribution in [3.8, 4) is 5.75 Å². The molecule has 1 aromatic heterocycles. The van der Waals surface area contributed by atoms with Gasteiger partial charge in [0.15, 0.2) is 0 Å². The van der Waals surface area contributed by atoms with E-state index >= 15 is 0 Å². The third-order valence-electron chi connectivity index (χ3n) is 4.33. The molecule has 6 nitrogen and oxygen atoms in total. The maximum Gasteiger partial charge on any atom is 0.326 e. The Morgan fingerprint density at radius 3 is 2.67 bits per heavy atom. The van der Waals surface area contributed by atoms with E-state index < -0.39 is 0 Å². The van der Waals surface area contributed by atoms with Crippen molar-refractivity contribution in [1.29, 1.82) is 0 Å². The van der Waals surface area contributed by atoms with Crippen LogP contribution in [0.15, 0.2) is 53.3 Å². The lowest BCUT2D eigenvalue weighted by Gasteiger charge is -2.39. The maximum absolute atomic E-state index is 12.5. The Bertz CT molecular complexity index is 953. The molecule has 3 aromatic rings. The van der Waals surface area contributed by atoms with Crippen LogP contribution in [0.25, 0.3) is 11.0 Å². The van der Waals surface area contributed by atoms with Crippen molar-refractivity contribution in [2.75, 3.05) is 13.1 Å². The Morgan fingerprint density at radius 2 is 1.92 bits per heavy atom. The summed E-state index contributed by atoms with van der Waals surface area (Å²) in [5.41, 5.74) is 1.84. The number of benzene rings is 2. The minimum Gasteiger partial charge on any atom is -0.487 e. The van der Waals surface area contributed by atoms with Gasteiger partial charge in [0.05, 0.1) is 24.1 Å². The van der Waals surface area contributed by atoms with Gasteiger partial charge in [-0.25, -0.2) is 4.79 Å². The van der Waals surface area contributed by atoms with Gasteiger partial charge < -0.3 is 14.6 Å². The number of aromatic amines is 1. The summed E-state index contributed by atoms with van der Waals surface area (Å²) in [7, 11) is 1.70. The fraction of sp³-hybridized carbons (Fsp3) is 0.222. The highest BCUT2D eigenvalue weighted by Crippen LogP contribution is 2.21. The summed E-state index contributed by atoms with van der Waals surface area (Å²) in [6, 6.07) is 14.9. The lowest BCUT2D eigenvalue weighted by atomic mass is 10.1. The van der Waals surface area contributed by atoms with Crippen LogP contribution in [0.4, 0.5) is 0 Å². The zero-order chi connectivity index (χ0) is 16.7. The topological polar surface area (TPSA) is 67.3 Å². The quantitative estimate of drug-likeness (QED) is 0.799. The molecule has 0 spiro atoms. The second kappa shape index (κ2) is 5.56. The maximum atomic E-state index is 12.5. The first-order valence-electron chi connectivity index (χ1n) is 7.81. The second-order valence-corrected chi connectivity index (χ2v) is 5.98. The van der Waals surface area contributed by atoms with Crippen LogP contribution in [-0.4, -0.2) is 39.6 Å². The molecule has 4 rings (SSSR count). The molecule has 0 aliphatic carbocycles. The number of nitrogens with zero attached hydrogens (tertiary/aromatic N) is 2. The lowest BCUT2D eigenvalue weighted by molar-refractivity contribution is 0.0178. The number of para-hydroxylation sites is 1. The van der Waals surface area contributed by atoms with E-state index in [9.17, 15) is 9.59 Å². The zero-order valence-corrected chi connectivity index (χ0v) is 13.2. The monoisotopic (exact) mass is 323 g/mol. The zero-order valence-electron chi connectivity index (χ0n) is 13.2. The van der Waals surface area contributed by atoms with Gasteiger partial charge in [-0.3, -0.25) is 9.36 Å². The average Bonchev–Trinajstić information content (AvgIpc) is 2.85. The third-order valence-corrected chi connectivity index (χ3v) is 4.33. The van der Waals surface area contributed by atoms with Gasteiger partial charge in [-0.1, -0.05) is 18.2 Å². The molecule has 1 saturated heterocycles. The van der Waals surface area contributed by atoms with Crippen molar-refractivity contribution in [2.45, 2.75) is 6.10 Å². The minimum absolute atomic E-state index is 0.0246. The van der Waals surface area contributed by atoms with E-state index in [0.29, 0.717) is 24.2 Å². The number of rotatable bonds is 3. The van der Waals surface area contributed by atoms with E-state index in [0.717, 1.165) is 11.3 Å². The van der Waals surface area contributed by atoms with E-state index in [4.69, 9.17) is 4.74 Å². The number of carbonyl (C=O) groups is 1. The van der Waals surface area contributed by atoms with E-state index in [1.165, 1.54) is 4.57 Å². The summed E-state index contributed by atoms with van der Waals surface area (Å²) in [5.74, 6) is 0.771. The molecule has 1 aliphatic rings. The number of hydrogen-bond acceptors (Lipinski definition) is 3. The third kappa shape index (κ3) is 2.46. The summed E-state index contributed by atoms with van der Waals surface area (Å²) >= 11 is 0. The molecular weight excluding hydrogens is 306 g/mol. The summed E-state index contributed by atoms with van der Waals surface area (Å²) < 4.78 is 7.34. The highest BCUT2D eigenvalue weighted by atomic mass is 16.5. The summed E-state index contributed by atoms with van der Waals surface area (Å²) in [6.45, 7) is 1.13. The molecule has 0 radical (unpaired) electrons. The number of aromatic nitrogens is 2. The molecule has 2 heterocycles. The minimum atomic E-state index is -0.185. The van der Waals surface area contributed by atoms with Crippen LogP contribution in [0.3, 0.4) is 0 Å². The Balaban J connectivity index is 1.45. The Morgan fingerprint density at radius 1 is 1.17 bits per heavy atom. The molecule has 2 aromatic carbocycles. The predicted molar refractivity (Wildman–Crippen MR) is 90.3 cm³/mol. The number of nitrogens with one attached hydrogen (secondary N) is 1. The number of fused-ring (bicyclic) bond motifs is 1. The van der Waals surface area contributed by atoms with Crippen LogP contribution in [0, 0.1) is 0 Å². The second-order valence-electron chi connectivity index (χ2n) is 5.98. The number of hydrogen-bond donors (Lipinski definition) is 1. The van der Waals surface area contributed by atoms with Crippen LogP contribution in [-0.2, 0) is 7.05 Å². The van der Waals surface area contributed by atoms with E-state index in [2.05, 4.69) is 4.98 Å². The largest absolute Gasteiger partial charge is 0.487 e. The standard InChI is InChI=1S/C18H17N3O3/c1-20-16-8-7-12(9-15(16)19-18(20)23)17(22)21-10-14(11-21)24-13-5-3-2-4-6-13/h2-9,14H,10-11H2,1H3,(H,19,23). The van der Waals surface area contributed by atoms with Crippen LogP contribution in [0.5, 0.6) is 5.75 Å². The smallest absolute Gasteiger partial charge is 0.326 e. The number of imidazole rings is 1. The first kappa shape index (κ1) is 14.6. The molecule has 0 saturated carbocycles. The fourth-order valence-electron chi connectivity index (χ4n) is 2.92. The van der Waals surface area contributed by atoms with Crippen LogP contribution in [0.1, 0.15) is 10.4 Å². The van der Waals surface area contributed by atoms with Crippen LogP contribution >= 0.6 is 0 Å². The molecular formula is C18H17N3O3. The fourth-order valence-corrected chi connectivity index (χ4v) is 2.92. The van der Waals surface area contributed by atoms with Crippen molar-refractivity contribution in [1.82, 2.24) is 14.5 Å². The molecule has 1 fully saturated rings. The van der Waals surface area contributed by atoms with Gasteiger partial charge >= 0.3 is 5.69 Å². The highest BCUT2D eigenvalue weighted by Gasteiger charge is 2.32. The van der Waals surface area contributed by atoms with Gasteiger partial charge in [0.25, 0.3) is 5.91 Å². The molecule has 1 aliphatic heterocycles. The number of H-pyrrole nitrogens is 1. The Kier molecular flexibility index (Phi) is 3.37. The molecule has 24 heavy (non-hydrogen) atoms. The number of carbonyl (C=O) groups excluding carboxylic acids is 1. The summed E-state index contributed by atoms with van der Waals surface area (Å²) in [4.78, 5) is 28.7. The molecule has 1 N–H and O–H groups in total. The van der Waals surface area contributed by atoms with Crippen LogP contribution < -0.4 is 10.4 Å². The van der Waals surface area contributed by atoms with Gasteiger partial charge in [-0.15, -0.1) is 0 Å². The Labute approximate surface area is 138 Å². The van der Waals surface area contributed by atoms with Crippen molar-refractivity contribution in [3.63, 3.8) is 0 Å². The molecule has 0 atom stereocenters. The molecule has 122 valence electrons. The van der Waals surface area contributed by atoms with E-state index in [1.54, 1.807) is 30.1 Å². The van der Waals surface area contributed by atoms with Crippen molar-refractivity contribution in [2.24, 2.45) is 7.05 Å². The number of ether oxygens (including phenoxy) is 1. The van der Waals surface area contributed by atoms with E-state index in [1.807, 2.05) is 30.3 Å². The van der Waals surface area contributed by atoms with Crippen molar-refractivity contribution < 1.29 is 9.53 Å². The van der Waals surface area contributed by atoms with Crippen LogP contribution in [0.2, 0.25) is 0 Å². The van der Waals surface area contributed by atoms with E-state index in [-0.39, 0.29) is 17.7 Å². The SMILES string of the molecule is Cn1c(=O)[nH]c2cc(C(=O)N3CC(Oc4ccccc4)C3)ccc21. The normalized spacial score (nSPS) is 14.6. The number of aryl methyl sites for hydroxylation is 1. The van der Waals surface area contributed by atoms with Crippen molar-refractivity contribution >= 4 is 16.9 Å². The highest BCUT2D eigenvalue weighted by molar-refractivity contribution is 5.97. The number of likely N-dealkylation sites (tertiary alicyclic amines) is 1. The average molecular weight is 323 g/mol.